The van der Waals surface area contributed by atoms with E-state index in [2.05, 4.69) is 4.98 Å². The quantitative estimate of drug-likeness (QED) is 0.793. The minimum atomic E-state index is -3.41. The van der Waals surface area contributed by atoms with E-state index < -0.39 is 10.0 Å². The van der Waals surface area contributed by atoms with Gasteiger partial charge in [-0.1, -0.05) is 6.92 Å². The van der Waals surface area contributed by atoms with Crippen LogP contribution in [-0.4, -0.2) is 36.8 Å². The number of hydrogen-bond donors (Lipinski definition) is 1. The number of pyridine rings is 1. The van der Waals surface area contributed by atoms with Crippen molar-refractivity contribution >= 4 is 10.0 Å². The Balaban J connectivity index is 2.28. The third kappa shape index (κ3) is 1.95. The summed E-state index contributed by atoms with van der Waals surface area (Å²) >= 11 is 0. The summed E-state index contributed by atoms with van der Waals surface area (Å²) in [6, 6.07) is 3.09. The van der Waals surface area contributed by atoms with Crippen molar-refractivity contribution in [3.05, 3.63) is 24.5 Å². The summed E-state index contributed by atoms with van der Waals surface area (Å²) in [6.07, 6.45) is 2.92. The van der Waals surface area contributed by atoms with Crippen LogP contribution in [0.2, 0.25) is 0 Å². The Morgan fingerprint density at radius 2 is 2.25 bits per heavy atom. The SMILES string of the molecule is CC1CN(S(=O)(=O)c2cccnc2)CC1N. The molecule has 2 unspecified atom stereocenters. The summed E-state index contributed by atoms with van der Waals surface area (Å²) in [4.78, 5) is 4.06. The first kappa shape index (κ1) is 11.5. The van der Waals surface area contributed by atoms with Crippen LogP contribution in [-0.2, 0) is 10.0 Å². The predicted octanol–water partition coefficient (Wildman–Crippen LogP) is 0.0493. The Labute approximate surface area is 95.3 Å². The van der Waals surface area contributed by atoms with Gasteiger partial charge in [-0.3, -0.25) is 4.98 Å². The maximum Gasteiger partial charge on any atom is 0.244 e. The van der Waals surface area contributed by atoms with Crippen LogP contribution in [0.1, 0.15) is 6.92 Å². The summed E-state index contributed by atoms with van der Waals surface area (Å²) < 4.78 is 25.7. The van der Waals surface area contributed by atoms with Crippen LogP contribution in [0.15, 0.2) is 29.4 Å². The second kappa shape index (κ2) is 4.12. The summed E-state index contributed by atoms with van der Waals surface area (Å²) in [5.41, 5.74) is 5.82. The van der Waals surface area contributed by atoms with Gasteiger partial charge in [-0.15, -0.1) is 0 Å². The van der Waals surface area contributed by atoms with Gasteiger partial charge in [-0.05, 0) is 18.1 Å². The van der Waals surface area contributed by atoms with Crippen molar-refractivity contribution < 1.29 is 8.42 Å². The van der Waals surface area contributed by atoms with E-state index in [1.807, 2.05) is 6.92 Å². The van der Waals surface area contributed by atoms with Crippen LogP contribution < -0.4 is 5.73 Å². The fourth-order valence-electron chi connectivity index (χ4n) is 1.79. The first-order chi connectivity index (χ1) is 7.51. The van der Waals surface area contributed by atoms with Gasteiger partial charge in [0.25, 0.3) is 0 Å². The number of hydrogen-bond acceptors (Lipinski definition) is 4. The van der Waals surface area contributed by atoms with Crippen LogP contribution in [0.4, 0.5) is 0 Å². The first-order valence-electron chi connectivity index (χ1n) is 5.17. The maximum atomic E-state index is 12.2. The molecule has 2 N–H and O–H groups in total. The summed E-state index contributed by atoms with van der Waals surface area (Å²) in [5, 5.41) is 0. The summed E-state index contributed by atoms with van der Waals surface area (Å²) in [5.74, 6) is 0.200. The minimum Gasteiger partial charge on any atom is -0.326 e. The third-order valence-electron chi connectivity index (χ3n) is 2.91. The molecule has 0 aromatic carbocycles. The molecule has 0 spiro atoms. The van der Waals surface area contributed by atoms with E-state index in [1.54, 1.807) is 18.3 Å². The van der Waals surface area contributed by atoms with Crippen molar-refractivity contribution in [1.82, 2.24) is 9.29 Å². The lowest BCUT2D eigenvalue weighted by molar-refractivity contribution is 0.464. The Morgan fingerprint density at radius 1 is 1.50 bits per heavy atom. The van der Waals surface area contributed by atoms with Crippen LogP contribution in [0.25, 0.3) is 0 Å². The molecule has 2 rings (SSSR count). The Kier molecular flexibility index (Phi) is 2.96. The normalized spacial score (nSPS) is 27.1. The van der Waals surface area contributed by atoms with Crippen molar-refractivity contribution in [2.75, 3.05) is 13.1 Å². The van der Waals surface area contributed by atoms with Crippen LogP contribution in [0.3, 0.4) is 0 Å². The molecule has 0 saturated carbocycles. The molecule has 1 aromatic heterocycles. The highest BCUT2D eigenvalue weighted by molar-refractivity contribution is 7.89. The molecule has 2 heterocycles. The molecular weight excluding hydrogens is 226 g/mol. The Morgan fingerprint density at radius 3 is 2.75 bits per heavy atom. The van der Waals surface area contributed by atoms with Gasteiger partial charge in [0.05, 0.1) is 0 Å². The zero-order valence-corrected chi connectivity index (χ0v) is 9.89. The predicted molar refractivity (Wildman–Crippen MR) is 60.1 cm³/mol. The van der Waals surface area contributed by atoms with Gasteiger partial charge in [0.15, 0.2) is 0 Å². The van der Waals surface area contributed by atoms with E-state index in [4.69, 9.17) is 5.73 Å². The molecular formula is C10H15N3O2S. The van der Waals surface area contributed by atoms with Gasteiger partial charge in [0, 0.05) is 31.5 Å². The molecule has 1 saturated heterocycles. The third-order valence-corrected chi connectivity index (χ3v) is 4.72. The largest absolute Gasteiger partial charge is 0.326 e. The molecule has 1 aliphatic heterocycles. The molecule has 6 heteroatoms. The topological polar surface area (TPSA) is 76.3 Å². The van der Waals surface area contributed by atoms with Crippen LogP contribution in [0.5, 0.6) is 0 Å². The van der Waals surface area contributed by atoms with Gasteiger partial charge in [-0.25, -0.2) is 8.42 Å². The molecule has 5 nitrogen and oxygen atoms in total. The van der Waals surface area contributed by atoms with E-state index in [1.165, 1.54) is 10.5 Å². The smallest absolute Gasteiger partial charge is 0.244 e. The first-order valence-corrected chi connectivity index (χ1v) is 6.61. The maximum absolute atomic E-state index is 12.2. The Bertz CT molecular complexity index is 450. The van der Waals surface area contributed by atoms with Crippen molar-refractivity contribution in [1.29, 1.82) is 0 Å². The molecule has 1 aliphatic rings. The van der Waals surface area contributed by atoms with Crippen molar-refractivity contribution in [3.63, 3.8) is 0 Å². The highest BCUT2D eigenvalue weighted by atomic mass is 32.2. The second-order valence-corrected chi connectivity index (χ2v) is 6.09. The lowest BCUT2D eigenvalue weighted by atomic mass is 10.1. The number of rotatable bonds is 2. The molecule has 16 heavy (non-hydrogen) atoms. The molecule has 1 aromatic rings. The van der Waals surface area contributed by atoms with E-state index in [0.717, 1.165) is 0 Å². The molecule has 0 radical (unpaired) electrons. The number of sulfonamides is 1. The number of aromatic nitrogens is 1. The number of nitrogens with zero attached hydrogens (tertiary/aromatic N) is 2. The summed E-state index contributed by atoms with van der Waals surface area (Å²) in [6.45, 7) is 2.83. The molecule has 2 atom stereocenters. The average Bonchev–Trinajstić information content (AvgIpc) is 2.61. The molecule has 1 fully saturated rings. The number of nitrogens with two attached hydrogens (primary N) is 1. The van der Waals surface area contributed by atoms with Gasteiger partial charge < -0.3 is 5.73 Å². The monoisotopic (exact) mass is 241 g/mol. The lowest BCUT2D eigenvalue weighted by Gasteiger charge is -2.15. The zero-order valence-electron chi connectivity index (χ0n) is 9.07. The molecule has 88 valence electrons. The summed E-state index contributed by atoms with van der Waals surface area (Å²) in [7, 11) is -3.41. The van der Waals surface area contributed by atoms with Gasteiger partial charge in [-0.2, -0.15) is 4.31 Å². The Hall–Kier alpha value is -0.980. The van der Waals surface area contributed by atoms with Gasteiger partial charge in [0.1, 0.15) is 4.90 Å². The molecule has 0 bridgehead atoms. The van der Waals surface area contributed by atoms with Crippen molar-refractivity contribution in [2.45, 2.75) is 17.9 Å². The zero-order chi connectivity index (χ0) is 11.8. The second-order valence-electron chi connectivity index (χ2n) is 4.15. The molecule has 0 amide bonds. The lowest BCUT2D eigenvalue weighted by Crippen LogP contribution is -2.32. The van der Waals surface area contributed by atoms with E-state index >= 15 is 0 Å². The van der Waals surface area contributed by atoms with Crippen LogP contribution >= 0.6 is 0 Å². The fourth-order valence-corrected chi connectivity index (χ4v) is 3.33. The highest BCUT2D eigenvalue weighted by Crippen LogP contribution is 2.22. The van der Waals surface area contributed by atoms with Crippen LogP contribution in [0, 0.1) is 5.92 Å². The van der Waals surface area contributed by atoms with Gasteiger partial charge in [0.2, 0.25) is 10.0 Å². The molecule has 0 aliphatic carbocycles. The van der Waals surface area contributed by atoms with Crippen molar-refractivity contribution in [3.8, 4) is 0 Å². The van der Waals surface area contributed by atoms with E-state index in [9.17, 15) is 8.42 Å². The fraction of sp³-hybridized carbons (Fsp3) is 0.500. The standard InChI is InChI=1S/C10H15N3O2S/c1-8-6-13(7-10(8)11)16(14,15)9-3-2-4-12-5-9/h2-5,8,10H,6-7,11H2,1H3. The van der Waals surface area contributed by atoms with E-state index in [0.29, 0.717) is 13.1 Å². The average molecular weight is 241 g/mol. The van der Waals surface area contributed by atoms with Crippen molar-refractivity contribution in [2.24, 2.45) is 11.7 Å². The highest BCUT2D eigenvalue weighted by Gasteiger charge is 2.35. The van der Waals surface area contributed by atoms with E-state index in [-0.39, 0.29) is 16.9 Å². The van der Waals surface area contributed by atoms with Gasteiger partial charge >= 0.3 is 0 Å². The minimum absolute atomic E-state index is 0.0774.